The van der Waals surface area contributed by atoms with Crippen LogP contribution in [0.5, 0.6) is 0 Å². The normalized spacial score (nSPS) is 23.6. The van der Waals surface area contributed by atoms with E-state index < -0.39 is 0 Å². The fraction of sp³-hybridized carbons (Fsp3) is 0.571. The first-order chi connectivity index (χ1) is 12.7. The number of nitrogens with one attached hydrogen (secondary N) is 1. The average molecular weight is 354 g/mol. The Morgan fingerprint density at radius 1 is 1.08 bits per heavy atom. The van der Waals surface area contributed by atoms with E-state index in [1.54, 1.807) is 4.68 Å². The van der Waals surface area contributed by atoms with E-state index in [-0.39, 0.29) is 5.56 Å². The molecule has 0 radical (unpaired) electrons. The van der Waals surface area contributed by atoms with Gasteiger partial charge in [0.2, 0.25) is 0 Å². The molecule has 1 N–H and O–H groups in total. The highest BCUT2D eigenvalue weighted by atomic mass is 16.1. The van der Waals surface area contributed by atoms with Crippen LogP contribution in [0.1, 0.15) is 37.8 Å². The molecule has 4 rings (SSSR count). The number of piperidine rings is 2. The molecule has 0 aliphatic carbocycles. The highest BCUT2D eigenvalue weighted by Crippen LogP contribution is 2.31. The van der Waals surface area contributed by atoms with Gasteiger partial charge in [-0.25, -0.2) is 4.68 Å². The lowest BCUT2D eigenvalue weighted by Crippen LogP contribution is -2.49. The molecule has 5 nitrogen and oxygen atoms in total. The third kappa shape index (κ3) is 3.09. The van der Waals surface area contributed by atoms with Crippen molar-refractivity contribution in [2.24, 2.45) is 13.0 Å². The average Bonchev–Trinajstić information content (AvgIpc) is 2.89. The summed E-state index contributed by atoms with van der Waals surface area (Å²) in [5, 5.41) is 3.53. The number of hydrogen-bond donors (Lipinski definition) is 1. The van der Waals surface area contributed by atoms with Crippen molar-refractivity contribution in [3.63, 3.8) is 0 Å². The number of benzene rings is 1. The number of fused-ring (bicyclic) bond motifs is 1. The molecule has 0 saturated carbocycles. The summed E-state index contributed by atoms with van der Waals surface area (Å²) in [4.78, 5) is 15.7. The van der Waals surface area contributed by atoms with Gasteiger partial charge in [-0.1, -0.05) is 24.6 Å². The summed E-state index contributed by atoms with van der Waals surface area (Å²) < 4.78 is 3.71. The predicted molar refractivity (Wildman–Crippen MR) is 106 cm³/mol. The molecule has 0 spiro atoms. The fourth-order valence-corrected chi connectivity index (χ4v) is 4.82. The Morgan fingerprint density at radius 3 is 2.65 bits per heavy atom. The molecule has 3 heterocycles. The minimum Gasteiger partial charge on any atom is -0.379 e. The third-order valence-electron chi connectivity index (χ3n) is 6.32. The molecular weight excluding hydrogens is 324 g/mol. The summed E-state index contributed by atoms with van der Waals surface area (Å²) in [5.41, 5.74) is 2.71. The van der Waals surface area contributed by atoms with E-state index in [9.17, 15) is 4.79 Å². The third-order valence-corrected chi connectivity index (χ3v) is 6.32. The minimum absolute atomic E-state index is 0.0486. The van der Waals surface area contributed by atoms with Crippen molar-refractivity contribution in [1.82, 2.24) is 14.3 Å². The summed E-state index contributed by atoms with van der Waals surface area (Å²) in [6.45, 7) is 5.44. The van der Waals surface area contributed by atoms with Gasteiger partial charge in [0.25, 0.3) is 5.56 Å². The standard InChI is InChI=1S/C21H30N4O/c1-16-20(21(26)25(23(16)2)18-10-4-3-5-11-18)22-15-17-9-8-14-24-13-7-6-12-19(17)24/h3-5,10-11,17,19,22H,6-9,12-15H2,1-2H3/t17-,19-/m1/s1. The van der Waals surface area contributed by atoms with Gasteiger partial charge in [-0.2, -0.15) is 0 Å². The molecule has 2 aromatic rings. The molecule has 0 bridgehead atoms. The van der Waals surface area contributed by atoms with Crippen LogP contribution in [0.3, 0.4) is 0 Å². The Kier molecular flexibility index (Phi) is 4.90. The first-order valence-electron chi connectivity index (χ1n) is 9.99. The van der Waals surface area contributed by atoms with Gasteiger partial charge in [0.1, 0.15) is 5.69 Å². The Hall–Kier alpha value is -2.01. The van der Waals surface area contributed by atoms with Crippen molar-refractivity contribution in [3.05, 3.63) is 46.4 Å². The van der Waals surface area contributed by atoms with Gasteiger partial charge in [-0.15, -0.1) is 0 Å². The zero-order valence-corrected chi connectivity index (χ0v) is 15.9. The smallest absolute Gasteiger partial charge is 0.295 e. The van der Waals surface area contributed by atoms with Crippen molar-refractivity contribution in [3.8, 4) is 5.69 Å². The van der Waals surface area contributed by atoms with Crippen LogP contribution in [0.15, 0.2) is 35.1 Å². The van der Waals surface area contributed by atoms with Crippen LogP contribution in [0.2, 0.25) is 0 Å². The van der Waals surface area contributed by atoms with Crippen molar-refractivity contribution >= 4 is 5.69 Å². The van der Waals surface area contributed by atoms with Gasteiger partial charge in [-0.3, -0.25) is 9.48 Å². The molecule has 1 aromatic heterocycles. The number of nitrogens with zero attached hydrogens (tertiary/aromatic N) is 3. The zero-order valence-electron chi connectivity index (χ0n) is 15.9. The summed E-state index contributed by atoms with van der Waals surface area (Å²) in [6.07, 6.45) is 6.56. The van der Waals surface area contributed by atoms with Crippen LogP contribution in [-0.4, -0.2) is 39.9 Å². The van der Waals surface area contributed by atoms with E-state index >= 15 is 0 Å². The van der Waals surface area contributed by atoms with E-state index in [0.29, 0.717) is 12.0 Å². The van der Waals surface area contributed by atoms with E-state index in [1.807, 2.05) is 49.0 Å². The lowest BCUT2D eigenvalue weighted by Gasteiger charge is -2.44. The summed E-state index contributed by atoms with van der Waals surface area (Å²) in [6, 6.07) is 10.6. The monoisotopic (exact) mass is 354 g/mol. The van der Waals surface area contributed by atoms with Gasteiger partial charge in [0.05, 0.1) is 11.4 Å². The second-order valence-electron chi connectivity index (χ2n) is 7.82. The topological polar surface area (TPSA) is 42.2 Å². The van der Waals surface area contributed by atoms with Gasteiger partial charge in [-0.05, 0) is 63.7 Å². The number of para-hydroxylation sites is 1. The number of rotatable bonds is 4. The van der Waals surface area contributed by atoms with Crippen molar-refractivity contribution in [2.45, 2.75) is 45.1 Å². The molecule has 2 atom stereocenters. The van der Waals surface area contributed by atoms with Gasteiger partial charge >= 0.3 is 0 Å². The molecule has 2 aliphatic rings. The molecule has 5 heteroatoms. The largest absolute Gasteiger partial charge is 0.379 e. The SMILES string of the molecule is Cc1c(NC[C@H]2CCCN3CCCC[C@H]23)c(=O)n(-c2ccccc2)n1C. The minimum atomic E-state index is 0.0486. The zero-order chi connectivity index (χ0) is 18.1. The molecule has 140 valence electrons. The maximum atomic E-state index is 13.0. The van der Waals surface area contributed by atoms with E-state index in [2.05, 4.69) is 10.2 Å². The fourth-order valence-electron chi connectivity index (χ4n) is 4.82. The molecule has 2 aliphatic heterocycles. The molecule has 26 heavy (non-hydrogen) atoms. The van der Waals surface area contributed by atoms with Crippen LogP contribution < -0.4 is 10.9 Å². The maximum absolute atomic E-state index is 13.0. The van der Waals surface area contributed by atoms with Crippen LogP contribution in [-0.2, 0) is 7.05 Å². The van der Waals surface area contributed by atoms with Crippen molar-refractivity contribution < 1.29 is 0 Å². The molecule has 0 amide bonds. The quantitative estimate of drug-likeness (QED) is 0.917. The number of anilines is 1. The van der Waals surface area contributed by atoms with Crippen LogP contribution >= 0.6 is 0 Å². The summed E-state index contributed by atoms with van der Waals surface area (Å²) in [5.74, 6) is 0.647. The van der Waals surface area contributed by atoms with Crippen LogP contribution in [0, 0.1) is 12.8 Å². The molecule has 1 aromatic carbocycles. The first-order valence-corrected chi connectivity index (χ1v) is 9.99. The summed E-state index contributed by atoms with van der Waals surface area (Å²) in [7, 11) is 1.96. The van der Waals surface area contributed by atoms with Crippen molar-refractivity contribution in [1.29, 1.82) is 0 Å². The molecule has 0 unspecified atom stereocenters. The second-order valence-corrected chi connectivity index (χ2v) is 7.82. The van der Waals surface area contributed by atoms with Crippen LogP contribution in [0.25, 0.3) is 5.69 Å². The Labute approximate surface area is 155 Å². The molecule has 2 saturated heterocycles. The lowest BCUT2D eigenvalue weighted by atomic mass is 9.83. The predicted octanol–water partition coefficient (Wildman–Crippen LogP) is 3.16. The molecular formula is C21H30N4O. The Morgan fingerprint density at radius 2 is 1.85 bits per heavy atom. The Bertz CT molecular complexity index is 805. The Balaban J connectivity index is 1.55. The van der Waals surface area contributed by atoms with E-state index in [1.165, 1.54) is 45.2 Å². The van der Waals surface area contributed by atoms with Crippen LogP contribution in [0.4, 0.5) is 5.69 Å². The maximum Gasteiger partial charge on any atom is 0.295 e. The highest BCUT2D eigenvalue weighted by molar-refractivity contribution is 5.49. The molecule has 2 fully saturated rings. The lowest BCUT2D eigenvalue weighted by molar-refractivity contribution is 0.0649. The van der Waals surface area contributed by atoms with Gasteiger partial charge < -0.3 is 10.2 Å². The number of hydrogen-bond acceptors (Lipinski definition) is 3. The summed E-state index contributed by atoms with van der Waals surface area (Å²) >= 11 is 0. The van der Waals surface area contributed by atoms with Crippen molar-refractivity contribution in [2.75, 3.05) is 25.0 Å². The van der Waals surface area contributed by atoms with E-state index in [4.69, 9.17) is 0 Å². The van der Waals surface area contributed by atoms with Gasteiger partial charge in [0, 0.05) is 19.6 Å². The number of aromatic nitrogens is 2. The second kappa shape index (κ2) is 7.31. The van der Waals surface area contributed by atoms with E-state index in [0.717, 1.165) is 23.6 Å². The van der Waals surface area contributed by atoms with Gasteiger partial charge in [0.15, 0.2) is 0 Å². The highest BCUT2D eigenvalue weighted by Gasteiger charge is 2.33. The first kappa shape index (κ1) is 17.4.